The molecule has 0 rings (SSSR count). The molecule has 0 aromatic rings. The highest BCUT2D eigenvalue weighted by atomic mass is 16.5. The third-order valence-corrected chi connectivity index (χ3v) is 12.7. The number of nitrogens with one attached hydrogen (secondary N) is 1. The van der Waals surface area contributed by atoms with Gasteiger partial charge in [-0.2, -0.15) is 0 Å². The normalized spacial score (nSPS) is 13.6. The standard InChI is InChI=1S/C59H107NO5/c1-4-7-10-13-16-19-22-25-27-29-31-34-37-40-43-46-49-52-59(64)65-55(50-47-44-41-38-35-33-30-28-26-23-20-17-14-11-8-5-2)53-58(63)60-56(54-61)57(62)51-48-45-42-39-36-32-24-21-18-15-12-9-6-3/h11,14,17,20,23,26,28,30,33,35,55-57,61-62H,4-10,12-13,15-16,18-19,21-22,24-25,27,29,31-32,34,36-54H2,1-3H3,(H,60,63)/b14-11+,20-17+,26-23+,30-28+,35-33+. The summed E-state index contributed by atoms with van der Waals surface area (Å²) in [6.07, 6.45) is 65.6. The van der Waals surface area contributed by atoms with Gasteiger partial charge in [0, 0.05) is 6.42 Å². The van der Waals surface area contributed by atoms with Crippen LogP contribution in [-0.2, 0) is 14.3 Å². The van der Waals surface area contributed by atoms with Crippen LogP contribution in [0, 0.1) is 0 Å². The number of ether oxygens (including phenoxy) is 1. The molecule has 3 N–H and O–H groups in total. The van der Waals surface area contributed by atoms with Gasteiger partial charge in [-0.25, -0.2) is 0 Å². The van der Waals surface area contributed by atoms with Crippen LogP contribution in [0.1, 0.15) is 278 Å². The Bertz CT molecular complexity index is 1160. The largest absolute Gasteiger partial charge is 0.462 e. The topological polar surface area (TPSA) is 95.9 Å². The molecule has 0 radical (unpaired) electrons. The van der Waals surface area contributed by atoms with Crippen molar-refractivity contribution in [3.05, 3.63) is 60.8 Å². The van der Waals surface area contributed by atoms with Crippen LogP contribution in [0.4, 0.5) is 0 Å². The first-order valence-corrected chi connectivity index (χ1v) is 28.1. The number of amides is 1. The minimum Gasteiger partial charge on any atom is -0.462 e. The number of carbonyl (C=O) groups excluding carboxylic acids is 2. The smallest absolute Gasteiger partial charge is 0.306 e. The molecular formula is C59H107NO5. The van der Waals surface area contributed by atoms with Gasteiger partial charge in [-0.05, 0) is 44.9 Å². The highest BCUT2D eigenvalue weighted by Crippen LogP contribution is 2.18. The zero-order valence-corrected chi connectivity index (χ0v) is 43.1. The molecule has 0 saturated heterocycles. The van der Waals surface area contributed by atoms with Crippen LogP contribution < -0.4 is 5.32 Å². The second kappa shape index (κ2) is 52.5. The van der Waals surface area contributed by atoms with Crippen molar-refractivity contribution in [1.29, 1.82) is 0 Å². The van der Waals surface area contributed by atoms with Crippen molar-refractivity contribution in [1.82, 2.24) is 5.32 Å². The van der Waals surface area contributed by atoms with Gasteiger partial charge in [0.25, 0.3) is 0 Å². The first-order chi connectivity index (χ1) is 32.0. The number of unbranched alkanes of at least 4 members (excludes halogenated alkanes) is 32. The predicted molar refractivity (Wildman–Crippen MR) is 282 cm³/mol. The summed E-state index contributed by atoms with van der Waals surface area (Å²) in [6, 6.07) is -0.716. The molecule has 0 fully saturated rings. The van der Waals surface area contributed by atoms with Gasteiger partial charge in [-0.3, -0.25) is 9.59 Å². The van der Waals surface area contributed by atoms with Crippen molar-refractivity contribution >= 4 is 11.9 Å². The molecule has 0 aliphatic rings. The third-order valence-electron chi connectivity index (χ3n) is 12.7. The van der Waals surface area contributed by atoms with Crippen LogP contribution in [0.2, 0.25) is 0 Å². The van der Waals surface area contributed by atoms with Gasteiger partial charge in [0.2, 0.25) is 5.91 Å². The van der Waals surface area contributed by atoms with E-state index in [1.807, 2.05) is 30.4 Å². The molecule has 0 saturated carbocycles. The fraction of sp³-hybridized carbons (Fsp3) is 0.797. The van der Waals surface area contributed by atoms with Crippen LogP contribution in [-0.4, -0.2) is 46.9 Å². The summed E-state index contributed by atoms with van der Waals surface area (Å²) < 4.78 is 5.94. The summed E-state index contributed by atoms with van der Waals surface area (Å²) in [6.45, 7) is 6.41. The molecule has 0 aliphatic carbocycles. The van der Waals surface area contributed by atoms with Gasteiger partial charge < -0.3 is 20.3 Å². The minimum absolute atomic E-state index is 0.0508. The SMILES string of the molecule is CCC/C=C/C=C/C=C/C=C/C=C/CCCCCC(CC(=O)NC(CO)C(O)CCCCCCCCCCCCCCC)OC(=O)CCCCCCCCCCCCCCCCCCC. The van der Waals surface area contributed by atoms with E-state index in [2.05, 4.69) is 56.5 Å². The molecule has 0 heterocycles. The fourth-order valence-corrected chi connectivity index (χ4v) is 8.46. The first kappa shape index (κ1) is 62.6. The maximum absolute atomic E-state index is 13.2. The van der Waals surface area contributed by atoms with Crippen molar-refractivity contribution in [2.24, 2.45) is 0 Å². The van der Waals surface area contributed by atoms with E-state index in [0.717, 1.165) is 70.6 Å². The van der Waals surface area contributed by atoms with E-state index in [-0.39, 0.29) is 24.9 Å². The lowest BCUT2D eigenvalue weighted by atomic mass is 10.0. The molecule has 3 atom stereocenters. The zero-order valence-electron chi connectivity index (χ0n) is 43.1. The molecule has 0 spiro atoms. The van der Waals surface area contributed by atoms with Crippen molar-refractivity contribution in [2.75, 3.05) is 6.61 Å². The Morgan fingerprint density at radius 1 is 0.446 bits per heavy atom. The maximum atomic E-state index is 13.2. The van der Waals surface area contributed by atoms with Gasteiger partial charge in [0.15, 0.2) is 0 Å². The summed E-state index contributed by atoms with van der Waals surface area (Å²) in [5.74, 6) is -0.506. The number of esters is 1. The Morgan fingerprint density at radius 3 is 1.25 bits per heavy atom. The van der Waals surface area contributed by atoms with Gasteiger partial charge in [-0.1, -0.05) is 281 Å². The van der Waals surface area contributed by atoms with Crippen molar-refractivity contribution < 1.29 is 24.5 Å². The van der Waals surface area contributed by atoms with E-state index in [0.29, 0.717) is 19.3 Å². The Morgan fingerprint density at radius 2 is 0.815 bits per heavy atom. The average Bonchev–Trinajstić information content (AvgIpc) is 3.30. The van der Waals surface area contributed by atoms with Crippen LogP contribution in [0.25, 0.3) is 0 Å². The van der Waals surface area contributed by atoms with E-state index >= 15 is 0 Å². The van der Waals surface area contributed by atoms with Crippen LogP contribution in [0.15, 0.2) is 60.8 Å². The molecule has 3 unspecified atom stereocenters. The quantitative estimate of drug-likeness (QED) is 0.0321. The van der Waals surface area contributed by atoms with Crippen molar-refractivity contribution in [2.45, 2.75) is 296 Å². The molecule has 6 heteroatoms. The minimum atomic E-state index is -0.800. The summed E-state index contributed by atoms with van der Waals surface area (Å²) in [5, 5.41) is 23.8. The Kier molecular flexibility index (Phi) is 50.6. The molecule has 0 aromatic carbocycles. The van der Waals surface area contributed by atoms with E-state index in [9.17, 15) is 19.8 Å². The lowest BCUT2D eigenvalue weighted by Gasteiger charge is -2.24. The number of hydrogen-bond donors (Lipinski definition) is 3. The van der Waals surface area contributed by atoms with E-state index in [1.54, 1.807) is 0 Å². The summed E-state index contributed by atoms with van der Waals surface area (Å²) in [7, 11) is 0. The number of aliphatic hydroxyl groups is 2. The second-order valence-electron chi connectivity index (χ2n) is 19.1. The zero-order chi connectivity index (χ0) is 47.4. The number of carbonyl (C=O) groups is 2. The van der Waals surface area contributed by atoms with E-state index in [1.165, 1.54) is 161 Å². The maximum Gasteiger partial charge on any atom is 0.306 e. The van der Waals surface area contributed by atoms with E-state index < -0.39 is 18.2 Å². The monoisotopic (exact) mass is 910 g/mol. The average molecular weight is 911 g/mol. The number of allylic oxidation sites excluding steroid dienone is 10. The molecule has 6 nitrogen and oxygen atoms in total. The second-order valence-corrected chi connectivity index (χ2v) is 19.1. The predicted octanol–water partition coefficient (Wildman–Crippen LogP) is 17.2. The van der Waals surface area contributed by atoms with Gasteiger partial charge in [0.05, 0.1) is 25.2 Å². The van der Waals surface area contributed by atoms with Crippen LogP contribution in [0.3, 0.4) is 0 Å². The highest BCUT2D eigenvalue weighted by Gasteiger charge is 2.24. The van der Waals surface area contributed by atoms with Gasteiger partial charge in [-0.15, -0.1) is 0 Å². The molecule has 1 amide bonds. The molecule has 65 heavy (non-hydrogen) atoms. The summed E-state index contributed by atoms with van der Waals surface area (Å²) in [5.41, 5.74) is 0. The van der Waals surface area contributed by atoms with Crippen LogP contribution in [0.5, 0.6) is 0 Å². The highest BCUT2D eigenvalue weighted by molar-refractivity contribution is 5.77. The number of hydrogen-bond acceptors (Lipinski definition) is 5. The lowest BCUT2D eigenvalue weighted by molar-refractivity contribution is -0.151. The third kappa shape index (κ3) is 47.8. The first-order valence-electron chi connectivity index (χ1n) is 28.1. The Hall–Kier alpha value is -2.44. The molecule has 0 aliphatic heterocycles. The van der Waals surface area contributed by atoms with E-state index in [4.69, 9.17) is 4.74 Å². The van der Waals surface area contributed by atoms with Gasteiger partial charge in [0.1, 0.15) is 6.10 Å². The van der Waals surface area contributed by atoms with Crippen molar-refractivity contribution in [3.63, 3.8) is 0 Å². The molecule has 0 aromatic heterocycles. The molecular weight excluding hydrogens is 803 g/mol. The fourth-order valence-electron chi connectivity index (χ4n) is 8.46. The lowest BCUT2D eigenvalue weighted by Crippen LogP contribution is -2.46. The summed E-state index contributed by atoms with van der Waals surface area (Å²) >= 11 is 0. The number of rotatable bonds is 50. The summed E-state index contributed by atoms with van der Waals surface area (Å²) in [4.78, 5) is 26.2. The Balaban J connectivity index is 4.63. The Labute approximate surface area is 403 Å². The van der Waals surface area contributed by atoms with Gasteiger partial charge >= 0.3 is 5.97 Å². The molecule has 0 bridgehead atoms. The number of aliphatic hydroxyl groups excluding tert-OH is 2. The van der Waals surface area contributed by atoms with Crippen molar-refractivity contribution in [3.8, 4) is 0 Å². The molecule has 378 valence electrons. The van der Waals surface area contributed by atoms with Crippen LogP contribution >= 0.6 is 0 Å².